The van der Waals surface area contributed by atoms with E-state index in [0.29, 0.717) is 6.54 Å². The van der Waals surface area contributed by atoms with Crippen LogP contribution in [0.4, 0.5) is 4.39 Å². The molecule has 1 unspecified atom stereocenters. The van der Waals surface area contributed by atoms with E-state index in [1.54, 1.807) is 12.1 Å². The topological polar surface area (TPSA) is 32.3 Å². The van der Waals surface area contributed by atoms with Crippen LogP contribution in [0.15, 0.2) is 84.9 Å². The van der Waals surface area contributed by atoms with Crippen LogP contribution in [0.3, 0.4) is 0 Å². The summed E-state index contributed by atoms with van der Waals surface area (Å²) in [6.45, 7) is 0.438. The molecule has 0 spiro atoms. The minimum Gasteiger partial charge on any atom is -0.353 e. The molecule has 0 aliphatic carbocycles. The largest absolute Gasteiger partial charge is 0.353 e. The van der Waals surface area contributed by atoms with Gasteiger partial charge in [0.15, 0.2) is 0 Å². The number of halogens is 1. The molecule has 0 saturated carbocycles. The highest BCUT2D eigenvalue weighted by Gasteiger charge is 2.24. The van der Waals surface area contributed by atoms with Crippen molar-refractivity contribution in [3.8, 4) is 0 Å². The lowest BCUT2D eigenvalue weighted by molar-refractivity contribution is -0.121. The number of carbonyl (C=O) groups excluding carboxylic acids is 1. The molecule has 1 N–H and O–H groups in total. The number of likely N-dealkylation sites (N-methyl/N-ethyl adjacent to an activating group) is 1. The fourth-order valence-corrected chi connectivity index (χ4v) is 3.37. The third-order valence-corrected chi connectivity index (χ3v) is 4.88. The molecule has 3 rings (SSSR count). The zero-order valence-electron chi connectivity index (χ0n) is 16.2. The lowest BCUT2D eigenvalue weighted by Gasteiger charge is -2.26. The van der Waals surface area contributed by atoms with Gasteiger partial charge < -0.3 is 10.2 Å². The molecule has 0 saturated heterocycles. The van der Waals surface area contributed by atoms with Gasteiger partial charge in [0.1, 0.15) is 5.82 Å². The third kappa shape index (κ3) is 4.84. The summed E-state index contributed by atoms with van der Waals surface area (Å²) in [5.41, 5.74) is 2.87. The van der Waals surface area contributed by atoms with E-state index >= 15 is 0 Å². The molecule has 0 bridgehead atoms. The van der Waals surface area contributed by atoms with Gasteiger partial charge in [0.05, 0.1) is 12.0 Å². The molecule has 0 fully saturated rings. The van der Waals surface area contributed by atoms with Crippen LogP contribution < -0.4 is 5.32 Å². The van der Waals surface area contributed by atoms with Gasteiger partial charge in [0.2, 0.25) is 5.91 Å². The van der Waals surface area contributed by atoms with Gasteiger partial charge >= 0.3 is 0 Å². The van der Waals surface area contributed by atoms with E-state index in [4.69, 9.17) is 0 Å². The average molecular weight is 376 g/mol. The zero-order chi connectivity index (χ0) is 19.9. The SMILES string of the molecule is CN(C)C(CNC(=O)C(c1ccccc1)c1ccccc1)c1ccc(F)cc1. The van der Waals surface area contributed by atoms with E-state index in [1.165, 1.54) is 12.1 Å². The van der Waals surface area contributed by atoms with Crippen LogP contribution in [0, 0.1) is 5.82 Å². The zero-order valence-corrected chi connectivity index (χ0v) is 16.2. The van der Waals surface area contributed by atoms with Crippen LogP contribution in [0.5, 0.6) is 0 Å². The molecule has 0 aliphatic rings. The van der Waals surface area contributed by atoms with Crippen LogP contribution >= 0.6 is 0 Å². The van der Waals surface area contributed by atoms with E-state index < -0.39 is 0 Å². The van der Waals surface area contributed by atoms with Crippen molar-refractivity contribution in [1.29, 1.82) is 0 Å². The Balaban J connectivity index is 1.80. The maximum Gasteiger partial charge on any atom is 0.232 e. The molecular weight excluding hydrogens is 351 g/mol. The Labute approximate surface area is 165 Å². The number of hydrogen-bond donors (Lipinski definition) is 1. The van der Waals surface area contributed by atoms with E-state index in [2.05, 4.69) is 5.32 Å². The minimum atomic E-state index is -0.376. The normalized spacial score (nSPS) is 12.2. The van der Waals surface area contributed by atoms with Crippen LogP contribution in [-0.2, 0) is 4.79 Å². The lowest BCUT2D eigenvalue weighted by Crippen LogP contribution is -2.37. The number of hydrogen-bond acceptors (Lipinski definition) is 2. The highest BCUT2D eigenvalue weighted by molar-refractivity contribution is 5.87. The first-order valence-electron chi connectivity index (χ1n) is 9.35. The maximum atomic E-state index is 13.3. The summed E-state index contributed by atoms with van der Waals surface area (Å²) in [5.74, 6) is -0.691. The molecule has 4 heteroatoms. The van der Waals surface area contributed by atoms with Gasteiger partial charge in [-0.3, -0.25) is 4.79 Å². The Hall–Kier alpha value is -2.98. The molecule has 28 heavy (non-hydrogen) atoms. The smallest absolute Gasteiger partial charge is 0.232 e. The average Bonchev–Trinajstić information content (AvgIpc) is 2.71. The number of benzene rings is 3. The summed E-state index contributed by atoms with van der Waals surface area (Å²) < 4.78 is 13.3. The van der Waals surface area contributed by atoms with E-state index in [1.807, 2.05) is 79.7 Å². The molecule has 3 aromatic rings. The first-order chi connectivity index (χ1) is 13.6. The fraction of sp³-hybridized carbons (Fsp3) is 0.208. The minimum absolute atomic E-state index is 0.0447. The van der Waals surface area contributed by atoms with Crippen molar-refractivity contribution < 1.29 is 9.18 Å². The second-order valence-electron chi connectivity index (χ2n) is 7.03. The number of nitrogens with one attached hydrogen (secondary N) is 1. The Morgan fingerprint density at radius 3 is 1.79 bits per heavy atom. The van der Waals surface area contributed by atoms with E-state index in [9.17, 15) is 9.18 Å². The number of nitrogens with zero attached hydrogens (tertiary/aromatic N) is 1. The predicted molar refractivity (Wildman–Crippen MR) is 111 cm³/mol. The van der Waals surface area contributed by atoms with Crippen molar-refractivity contribution >= 4 is 5.91 Å². The van der Waals surface area contributed by atoms with E-state index in [0.717, 1.165) is 16.7 Å². The van der Waals surface area contributed by atoms with E-state index in [-0.39, 0.29) is 23.7 Å². The third-order valence-electron chi connectivity index (χ3n) is 4.88. The molecule has 0 radical (unpaired) electrons. The van der Waals surface area contributed by atoms with Crippen molar-refractivity contribution in [3.05, 3.63) is 107 Å². The number of carbonyl (C=O) groups is 1. The number of rotatable bonds is 7. The summed E-state index contributed by atoms with van der Waals surface area (Å²) >= 11 is 0. The van der Waals surface area contributed by atoms with Crippen LogP contribution in [-0.4, -0.2) is 31.4 Å². The highest BCUT2D eigenvalue weighted by atomic mass is 19.1. The van der Waals surface area contributed by atoms with Crippen molar-refractivity contribution in [2.75, 3.05) is 20.6 Å². The first-order valence-corrected chi connectivity index (χ1v) is 9.35. The molecule has 1 atom stereocenters. The van der Waals surface area contributed by atoms with Gasteiger partial charge in [-0.15, -0.1) is 0 Å². The molecule has 3 aromatic carbocycles. The van der Waals surface area contributed by atoms with Crippen molar-refractivity contribution in [1.82, 2.24) is 10.2 Å². The molecular formula is C24H25FN2O. The summed E-state index contributed by atoms with van der Waals surface area (Å²) in [5, 5.41) is 3.10. The Morgan fingerprint density at radius 2 is 1.32 bits per heavy atom. The Morgan fingerprint density at radius 1 is 0.821 bits per heavy atom. The van der Waals surface area contributed by atoms with Crippen LogP contribution in [0.25, 0.3) is 0 Å². The molecule has 0 heterocycles. The Kier molecular flexibility index (Phi) is 6.56. The van der Waals surface area contributed by atoms with Crippen molar-refractivity contribution in [3.63, 3.8) is 0 Å². The molecule has 144 valence electrons. The number of amides is 1. The van der Waals surface area contributed by atoms with Gasteiger partial charge in [0.25, 0.3) is 0 Å². The molecule has 0 aromatic heterocycles. The van der Waals surface area contributed by atoms with Gasteiger partial charge in [0, 0.05) is 6.54 Å². The summed E-state index contributed by atoms with van der Waals surface area (Å²) in [6.07, 6.45) is 0. The van der Waals surface area contributed by atoms with Gasteiger partial charge in [-0.2, -0.15) is 0 Å². The summed E-state index contributed by atoms with van der Waals surface area (Å²) in [6, 6.07) is 25.9. The quantitative estimate of drug-likeness (QED) is 0.664. The van der Waals surface area contributed by atoms with Gasteiger partial charge in [-0.25, -0.2) is 4.39 Å². The monoisotopic (exact) mass is 376 g/mol. The van der Waals surface area contributed by atoms with Gasteiger partial charge in [-0.1, -0.05) is 72.8 Å². The van der Waals surface area contributed by atoms with Crippen LogP contribution in [0.1, 0.15) is 28.7 Å². The second kappa shape index (κ2) is 9.29. The standard InChI is InChI=1S/C24H25FN2O/c1-27(2)22(18-13-15-21(25)16-14-18)17-26-24(28)23(19-9-5-3-6-10-19)20-11-7-4-8-12-20/h3-16,22-23H,17H2,1-2H3,(H,26,28). The lowest BCUT2D eigenvalue weighted by atomic mass is 9.90. The fourth-order valence-electron chi connectivity index (χ4n) is 3.37. The van der Waals surface area contributed by atoms with Gasteiger partial charge in [-0.05, 0) is 42.9 Å². The summed E-state index contributed by atoms with van der Waals surface area (Å²) in [7, 11) is 3.90. The van der Waals surface area contributed by atoms with Crippen molar-refractivity contribution in [2.45, 2.75) is 12.0 Å². The molecule has 1 amide bonds. The predicted octanol–water partition coefficient (Wildman–Crippen LogP) is 4.38. The van der Waals surface area contributed by atoms with Crippen molar-refractivity contribution in [2.24, 2.45) is 0 Å². The Bertz CT molecular complexity index is 840. The highest BCUT2D eigenvalue weighted by Crippen LogP contribution is 2.25. The molecule has 3 nitrogen and oxygen atoms in total. The molecule has 0 aliphatic heterocycles. The van der Waals surface area contributed by atoms with Crippen LogP contribution in [0.2, 0.25) is 0 Å². The first kappa shape index (κ1) is 19.8. The maximum absolute atomic E-state index is 13.3. The summed E-state index contributed by atoms with van der Waals surface area (Å²) in [4.78, 5) is 15.2. The second-order valence-corrected chi connectivity index (χ2v) is 7.03.